The maximum Gasteiger partial charge on any atom is 0.245 e. The number of carbonyl (C=O) groups is 2. The Morgan fingerprint density at radius 3 is 2.35 bits per heavy atom. The fourth-order valence-electron chi connectivity index (χ4n) is 2.94. The third kappa shape index (κ3) is 2.54. The Hall–Kier alpha value is -1.14. The van der Waals surface area contributed by atoms with Crippen LogP contribution < -0.4 is 10.6 Å². The molecule has 0 radical (unpaired) electrons. The number of hydrogen-bond acceptors (Lipinski definition) is 4. The van der Waals surface area contributed by atoms with Crippen molar-refractivity contribution in [3.8, 4) is 0 Å². The van der Waals surface area contributed by atoms with Crippen LogP contribution in [-0.4, -0.2) is 72.0 Å². The molecular weight excluding hydrogens is 256 g/mol. The molecule has 0 saturated carbocycles. The van der Waals surface area contributed by atoms with Crippen LogP contribution in [0.2, 0.25) is 0 Å². The molecule has 6 heteroatoms. The van der Waals surface area contributed by atoms with E-state index in [9.17, 15) is 9.59 Å². The molecule has 0 aliphatic carbocycles. The highest BCUT2D eigenvalue weighted by molar-refractivity contribution is 5.94. The van der Waals surface area contributed by atoms with Gasteiger partial charge in [0.1, 0.15) is 5.54 Å². The molecule has 2 rings (SSSR count). The first-order valence-electron chi connectivity index (χ1n) is 7.34. The zero-order chi connectivity index (χ0) is 15.0. The normalized spacial score (nSPS) is 24.4. The van der Waals surface area contributed by atoms with Crippen LogP contribution in [0, 0.1) is 0 Å². The molecule has 2 aliphatic rings. The third-order valence-electron chi connectivity index (χ3n) is 4.53. The lowest BCUT2D eigenvalue weighted by Gasteiger charge is -2.48. The Morgan fingerprint density at radius 2 is 1.75 bits per heavy atom. The van der Waals surface area contributed by atoms with Gasteiger partial charge >= 0.3 is 0 Å². The SMILES string of the molecule is CC(C)(C(=O)N1CCNC(=O)C1(C)C)N1CCNCC1. The van der Waals surface area contributed by atoms with Gasteiger partial charge in [-0.3, -0.25) is 14.5 Å². The quantitative estimate of drug-likeness (QED) is 0.710. The molecular formula is C14H26N4O2. The fraction of sp³-hybridized carbons (Fsp3) is 0.857. The molecule has 0 spiro atoms. The number of piperazine rings is 2. The van der Waals surface area contributed by atoms with Gasteiger partial charge in [-0.05, 0) is 27.7 Å². The number of amides is 2. The molecule has 2 aliphatic heterocycles. The minimum atomic E-state index is -0.777. The molecule has 2 N–H and O–H groups in total. The first-order chi connectivity index (χ1) is 9.28. The van der Waals surface area contributed by atoms with Crippen molar-refractivity contribution in [2.24, 2.45) is 0 Å². The van der Waals surface area contributed by atoms with Crippen LogP contribution in [0.4, 0.5) is 0 Å². The molecule has 20 heavy (non-hydrogen) atoms. The van der Waals surface area contributed by atoms with Crippen molar-refractivity contribution in [2.45, 2.75) is 38.8 Å². The van der Waals surface area contributed by atoms with E-state index in [1.54, 1.807) is 4.90 Å². The van der Waals surface area contributed by atoms with Gasteiger partial charge in [-0.1, -0.05) is 0 Å². The standard InChI is InChI=1S/C14H26N4O2/c1-13(2)11(19)16-7-10-18(13)12(20)14(3,4)17-8-5-15-6-9-17/h15H,5-10H2,1-4H3,(H,16,19). The van der Waals surface area contributed by atoms with Gasteiger partial charge in [0.25, 0.3) is 0 Å². The van der Waals surface area contributed by atoms with Crippen LogP contribution in [-0.2, 0) is 9.59 Å². The summed E-state index contributed by atoms with van der Waals surface area (Å²) in [4.78, 5) is 28.9. The summed E-state index contributed by atoms with van der Waals surface area (Å²) >= 11 is 0. The molecule has 2 fully saturated rings. The first kappa shape index (κ1) is 15.3. The van der Waals surface area contributed by atoms with Crippen LogP contribution in [0.25, 0.3) is 0 Å². The first-order valence-corrected chi connectivity index (χ1v) is 7.34. The second kappa shape index (κ2) is 5.33. The molecule has 2 saturated heterocycles. The van der Waals surface area contributed by atoms with E-state index in [0.717, 1.165) is 26.2 Å². The zero-order valence-electron chi connectivity index (χ0n) is 13.0. The van der Waals surface area contributed by atoms with Crippen LogP contribution in [0.5, 0.6) is 0 Å². The molecule has 0 aromatic rings. The smallest absolute Gasteiger partial charge is 0.245 e. The average molecular weight is 282 g/mol. The third-order valence-corrected chi connectivity index (χ3v) is 4.53. The van der Waals surface area contributed by atoms with Crippen molar-refractivity contribution >= 4 is 11.8 Å². The molecule has 114 valence electrons. The van der Waals surface area contributed by atoms with Crippen LogP contribution >= 0.6 is 0 Å². The van der Waals surface area contributed by atoms with Crippen LogP contribution in [0.15, 0.2) is 0 Å². The lowest BCUT2D eigenvalue weighted by atomic mass is 9.92. The van der Waals surface area contributed by atoms with Gasteiger partial charge in [0.05, 0.1) is 5.54 Å². The topological polar surface area (TPSA) is 64.7 Å². The summed E-state index contributed by atoms with van der Waals surface area (Å²) in [6, 6.07) is 0. The maximum atomic E-state index is 13.0. The van der Waals surface area contributed by atoms with E-state index < -0.39 is 11.1 Å². The van der Waals surface area contributed by atoms with E-state index in [1.165, 1.54) is 0 Å². The summed E-state index contributed by atoms with van der Waals surface area (Å²) in [6.45, 7) is 12.2. The molecule has 0 atom stereocenters. The fourth-order valence-corrected chi connectivity index (χ4v) is 2.94. The summed E-state index contributed by atoms with van der Waals surface area (Å²) in [7, 11) is 0. The van der Waals surface area contributed by atoms with Gasteiger partial charge in [0, 0.05) is 39.3 Å². The average Bonchev–Trinajstić information content (AvgIpc) is 2.42. The van der Waals surface area contributed by atoms with Gasteiger partial charge in [-0.15, -0.1) is 0 Å². The highest BCUT2D eigenvalue weighted by atomic mass is 16.2. The van der Waals surface area contributed by atoms with Crippen molar-refractivity contribution < 1.29 is 9.59 Å². The lowest BCUT2D eigenvalue weighted by Crippen LogP contribution is -2.69. The van der Waals surface area contributed by atoms with Crippen molar-refractivity contribution in [2.75, 3.05) is 39.3 Å². The number of nitrogens with zero attached hydrogens (tertiary/aromatic N) is 2. The van der Waals surface area contributed by atoms with Crippen molar-refractivity contribution in [1.82, 2.24) is 20.4 Å². The van der Waals surface area contributed by atoms with Crippen LogP contribution in [0.3, 0.4) is 0 Å². The van der Waals surface area contributed by atoms with Gasteiger partial charge in [-0.25, -0.2) is 0 Å². The van der Waals surface area contributed by atoms with Crippen LogP contribution in [0.1, 0.15) is 27.7 Å². The van der Waals surface area contributed by atoms with Crippen molar-refractivity contribution in [3.63, 3.8) is 0 Å². The van der Waals surface area contributed by atoms with Crippen molar-refractivity contribution in [3.05, 3.63) is 0 Å². The van der Waals surface area contributed by atoms with E-state index in [0.29, 0.717) is 13.1 Å². The molecule has 0 aromatic carbocycles. The predicted octanol–water partition coefficient (Wildman–Crippen LogP) is -0.593. The maximum absolute atomic E-state index is 13.0. The number of hydrogen-bond donors (Lipinski definition) is 2. The van der Waals surface area contributed by atoms with Gasteiger partial charge in [0.2, 0.25) is 11.8 Å². The molecule has 0 aromatic heterocycles. The summed E-state index contributed by atoms with van der Waals surface area (Å²) in [5.74, 6) is -0.0348. The highest BCUT2D eigenvalue weighted by Crippen LogP contribution is 2.25. The number of nitrogens with one attached hydrogen (secondary N) is 2. The largest absolute Gasteiger partial charge is 0.352 e. The van der Waals surface area contributed by atoms with E-state index in [4.69, 9.17) is 0 Å². The Labute approximate surface area is 120 Å². The summed E-state index contributed by atoms with van der Waals surface area (Å²) in [5, 5.41) is 6.13. The Morgan fingerprint density at radius 1 is 1.15 bits per heavy atom. The summed E-state index contributed by atoms with van der Waals surface area (Å²) in [6.07, 6.45) is 0. The van der Waals surface area contributed by atoms with Gasteiger partial charge in [0.15, 0.2) is 0 Å². The Bertz CT molecular complexity index is 400. The zero-order valence-corrected chi connectivity index (χ0v) is 13.0. The van der Waals surface area contributed by atoms with E-state index in [-0.39, 0.29) is 11.8 Å². The number of carbonyl (C=O) groups excluding carboxylic acids is 2. The minimum absolute atomic E-state index is 0.0410. The van der Waals surface area contributed by atoms with E-state index in [1.807, 2.05) is 27.7 Å². The minimum Gasteiger partial charge on any atom is -0.352 e. The van der Waals surface area contributed by atoms with Gasteiger partial charge < -0.3 is 15.5 Å². The van der Waals surface area contributed by atoms with Crippen molar-refractivity contribution in [1.29, 1.82) is 0 Å². The molecule has 0 unspecified atom stereocenters. The summed E-state index contributed by atoms with van der Waals surface area (Å²) < 4.78 is 0. The highest BCUT2D eigenvalue weighted by Gasteiger charge is 2.46. The molecule has 2 amide bonds. The Kier molecular flexibility index (Phi) is 4.07. The summed E-state index contributed by atoms with van der Waals surface area (Å²) in [5.41, 5.74) is -1.35. The molecule has 6 nitrogen and oxygen atoms in total. The van der Waals surface area contributed by atoms with E-state index >= 15 is 0 Å². The number of rotatable bonds is 2. The van der Waals surface area contributed by atoms with Gasteiger partial charge in [-0.2, -0.15) is 0 Å². The lowest BCUT2D eigenvalue weighted by molar-refractivity contribution is -0.157. The predicted molar refractivity (Wildman–Crippen MR) is 77.3 cm³/mol. The Balaban J connectivity index is 2.18. The second-order valence-electron chi connectivity index (χ2n) is 6.57. The second-order valence-corrected chi connectivity index (χ2v) is 6.57. The molecule has 0 bridgehead atoms. The van der Waals surface area contributed by atoms with E-state index in [2.05, 4.69) is 15.5 Å². The molecule has 2 heterocycles. The monoisotopic (exact) mass is 282 g/mol.